The number of pyridine rings is 1. The van der Waals surface area contributed by atoms with Gasteiger partial charge in [0, 0.05) is 36.3 Å². The van der Waals surface area contributed by atoms with Gasteiger partial charge in [-0.3, -0.25) is 9.59 Å². The van der Waals surface area contributed by atoms with Crippen LogP contribution in [-0.4, -0.2) is 38.5 Å². The van der Waals surface area contributed by atoms with E-state index >= 15 is 0 Å². The molecule has 0 unspecified atom stereocenters. The lowest BCUT2D eigenvalue weighted by atomic mass is 10.1. The number of halogens is 1. The number of benzene rings is 1. The topological polar surface area (TPSA) is 64.4 Å². The Morgan fingerprint density at radius 1 is 1.18 bits per heavy atom. The smallest absolute Gasteiger partial charge is 0.310 e. The summed E-state index contributed by atoms with van der Waals surface area (Å²) in [5.41, 5.74) is 3.16. The van der Waals surface area contributed by atoms with E-state index < -0.39 is 5.60 Å². The van der Waals surface area contributed by atoms with E-state index in [-0.39, 0.29) is 30.0 Å². The Bertz CT molecular complexity index is 1240. The largest absolute Gasteiger partial charge is 0.460 e. The average Bonchev–Trinajstić information content (AvgIpc) is 3.54. The summed E-state index contributed by atoms with van der Waals surface area (Å²) < 4.78 is 21.7. The highest BCUT2D eigenvalue weighted by molar-refractivity contribution is 5.87. The molecule has 1 aromatic carbocycles. The Morgan fingerprint density at radius 3 is 2.56 bits per heavy atom. The lowest BCUT2D eigenvalue weighted by Crippen LogP contribution is -2.32. The summed E-state index contributed by atoms with van der Waals surface area (Å²) in [7, 11) is 0. The number of esters is 1. The van der Waals surface area contributed by atoms with Crippen molar-refractivity contribution in [3.63, 3.8) is 0 Å². The molecule has 34 heavy (non-hydrogen) atoms. The number of fused-ring (bicyclic) bond motifs is 1. The van der Waals surface area contributed by atoms with E-state index in [1.165, 1.54) is 12.1 Å². The number of carbonyl (C=O) groups is 2. The Hall–Kier alpha value is -3.22. The Balaban J connectivity index is 1.76. The summed E-state index contributed by atoms with van der Waals surface area (Å²) in [6, 6.07) is 8.46. The van der Waals surface area contributed by atoms with Crippen LogP contribution in [0.5, 0.6) is 0 Å². The molecule has 4 rings (SSSR count). The van der Waals surface area contributed by atoms with E-state index in [1.807, 2.05) is 57.5 Å². The van der Waals surface area contributed by atoms with Gasteiger partial charge >= 0.3 is 5.97 Å². The molecule has 2 heterocycles. The number of hydrogen-bond donors (Lipinski definition) is 0. The molecule has 180 valence electrons. The van der Waals surface area contributed by atoms with E-state index in [9.17, 15) is 14.0 Å². The fourth-order valence-corrected chi connectivity index (χ4v) is 4.18. The average molecular weight is 466 g/mol. The van der Waals surface area contributed by atoms with Gasteiger partial charge in [0.2, 0.25) is 5.91 Å². The van der Waals surface area contributed by atoms with Crippen LogP contribution in [0, 0.1) is 18.7 Å². The molecule has 2 aromatic heterocycles. The zero-order valence-corrected chi connectivity index (χ0v) is 20.5. The SMILES string of the molecule is CCN(Cc1cc(F)ccc1-n1cc(CC(=O)OC(C)(C)C)c2ccc(C)nc21)C(=O)C1CC1. The van der Waals surface area contributed by atoms with Gasteiger partial charge < -0.3 is 14.2 Å². The molecule has 1 aliphatic carbocycles. The van der Waals surface area contributed by atoms with Crippen LogP contribution in [0.2, 0.25) is 0 Å². The third kappa shape index (κ3) is 5.29. The zero-order chi connectivity index (χ0) is 24.6. The van der Waals surface area contributed by atoms with E-state index in [0.29, 0.717) is 24.3 Å². The van der Waals surface area contributed by atoms with Gasteiger partial charge in [-0.2, -0.15) is 0 Å². The maximum absolute atomic E-state index is 14.3. The number of rotatable bonds is 7. The predicted molar refractivity (Wildman–Crippen MR) is 129 cm³/mol. The number of carbonyl (C=O) groups excluding carboxylic acids is 2. The number of ether oxygens (including phenoxy) is 1. The summed E-state index contributed by atoms with van der Waals surface area (Å²) in [6.45, 7) is 10.2. The Kier molecular flexibility index (Phi) is 6.47. The summed E-state index contributed by atoms with van der Waals surface area (Å²) in [4.78, 5) is 31.8. The minimum atomic E-state index is -0.577. The number of amides is 1. The van der Waals surface area contributed by atoms with Gasteiger partial charge in [0.25, 0.3) is 0 Å². The van der Waals surface area contributed by atoms with Crippen LogP contribution in [0.25, 0.3) is 16.7 Å². The molecule has 7 heteroatoms. The van der Waals surface area contributed by atoms with Crippen molar-refractivity contribution in [2.45, 2.75) is 66.0 Å². The van der Waals surface area contributed by atoms with Crippen LogP contribution in [0.3, 0.4) is 0 Å². The zero-order valence-electron chi connectivity index (χ0n) is 20.5. The first-order valence-electron chi connectivity index (χ1n) is 11.8. The fraction of sp³-hybridized carbons (Fsp3) is 0.444. The van der Waals surface area contributed by atoms with Crippen molar-refractivity contribution in [3.05, 3.63) is 59.2 Å². The van der Waals surface area contributed by atoms with Crippen molar-refractivity contribution >= 4 is 22.9 Å². The number of aromatic nitrogens is 2. The van der Waals surface area contributed by atoms with E-state index in [2.05, 4.69) is 0 Å². The molecule has 1 aliphatic rings. The quantitative estimate of drug-likeness (QED) is 0.455. The van der Waals surface area contributed by atoms with Crippen LogP contribution in [0.4, 0.5) is 4.39 Å². The second-order valence-electron chi connectivity index (χ2n) is 10.0. The summed E-state index contributed by atoms with van der Waals surface area (Å²) in [5.74, 6) is -0.467. The molecule has 3 aromatic rings. The highest BCUT2D eigenvalue weighted by atomic mass is 19.1. The maximum atomic E-state index is 14.3. The van der Waals surface area contributed by atoms with Gasteiger partial charge in [0.15, 0.2) is 0 Å². The third-order valence-electron chi connectivity index (χ3n) is 5.91. The van der Waals surface area contributed by atoms with E-state index in [1.54, 1.807) is 11.0 Å². The van der Waals surface area contributed by atoms with Gasteiger partial charge in [-0.25, -0.2) is 9.37 Å². The highest BCUT2D eigenvalue weighted by Crippen LogP contribution is 2.32. The van der Waals surface area contributed by atoms with Gasteiger partial charge in [-0.15, -0.1) is 0 Å². The number of hydrogen-bond acceptors (Lipinski definition) is 4. The van der Waals surface area contributed by atoms with Crippen molar-refractivity contribution in [1.29, 1.82) is 0 Å². The monoisotopic (exact) mass is 465 g/mol. The van der Waals surface area contributed by atoms with Crippen molar-refractivity contribution in [1.82, 2.24) is 14.5 Å². The van der Waals surface area contributed by atoms with Crippen molar-refractivity contribution < 1.29 is 18.7 Å². The van der Waals surface area contributed by atoms with Gasteiger partial charge in [-0.05, 0) is 88.9 Å². The minimum Gasteiger partial charge on any atom is -0.460 e. The van der Waals surface area contributed by atoms with Gasteiger partial charge in [0.1, 0.15) is 17.1 Å². The lowest BCUT2D eigenvalue weighted by Gasteiger charge is -2.23. The predicted octanol–water partition coefficient (Wildman–Crippen LogP) is 5.12. The number of aryl methyl sites for hydroxylation is 1. The van der Waals surface area contributed by atoms with Crippen LogP contribution >= 0.6 is 0 Å². The Labute approximate surface area is 199 Å². The standard InChI is InChI=1S/C27H32FN3O3/c1-6-30(26(33)18-8-9-18)15-20-13-21(28)10-12-23(20)31-16-19(14-24(32)34-27(3,4)5)22-11-7-17(2)29-25(22)31/h7,10-13,16,18H,6,8-9,14-15H2,1-5H3. The molecule has 1 amide bonds. The van der Waals surface area contributed by atoms with Gasteiger partial charge in [-0.1, -0.05) is 0 Å². The van der Waals surface area contributed by atoms with E-state index in [0.717, 1.165) is 35.2 Å². The van der Waals surface area contributed by atoms with Crippen LogP contribution in [0.1, 0.15) is 57.4 Å². The second-order valence-corrected chi connectivity index (χ2v) is 10.0. The molecular weight excluding hydrogens is 433 g/mol. The Morgan fingerprint density at radius 2 is 1.91 bits per heavy atom. The summed E-state index contributed by atoms with van der Waals surface area (Å²) in [5, 5.41) is 0.841. The van der Waals surface area contributed by atoms with E-state index in [4.69, 9.17) is 9.72 Å². The van der Waals surface area contributed by atoms with Gasteiger partial charge in [0.05, 0.1) is 12.1 Å². The molecule has 0 atom stereocenters. The molecule has 6 nitrogen and oxygen atoms in total. The van der Waals surface area contributed by atoms with Crippen LogP contribution < -0.4 is 0 Å². The lowest BCUT2D eigenvalue weighted by molar-refractivity contribution is -0.153. The molecule has 0 aliphatic heterocycles. The van der Waals surface area contributed by atoms with Crippen LogP contribution in [0.15, 0.2) is 36.5 Å². The summed E-state index contributed by atoms with van der Waals surface area (Å²) >= 11 is 0. The molecule has 0 radical (unpaired) electrons. The first kappa shape index (κ1) is 23.9. The van der Waals surface area contributed by atoms with Crippen LogP contribution in [-0.2, 0) is 27.3 Å². The normalized spacial score (nSPS) is 13.8. The molecule has 0 bridgehead atoms. The third-order valence-corrected chi connectivity index (χ3v) is 5.91. The molecule has 1 fully saturated rings. The first-order valence-corrected chi connectivity index (χ1v) is 11.8. The maximum Gasteiger partial charge on any atom is 0.310 e. The molecule has 0 N–H and O–H groups in total. The fourth-order valence-electron chi connectivity index (χ4n) is 4.18. The molecule has 1 saturated carbocycles. The highest BCUT2D eigenvalue weighted by Gasteiger charge is 2.33. The van der Waals surface area contributed by atoms with Crippen molar-refractivity contribution in [3.8, 4) is 5.69 Å². The first-order chi connectivity index (χ1) is 16.1. The second kappa shape index (κ2) is 9.20. The summed E-state index contributed by atoms with van der Waals surface area (Å²) in [6.07, 6.45) is 3.82. The molecule has 0 spiro atoms. The molecule has 0 saturated heterocycles. The minimum absolute atomic E-state index is 0.0918. The van der Waals surface area contributed by atoms with Crippen molar-refractivity contribution in [2.24, 2.45) is 5.92 Å². The molecular formula is C27H32FN3O3. The number of nitrogens with zero attached hydrogens (tertiary/aromatic N) is 3. The van der Waals surface area contributed by atoms with Crippen molar-refractivity contribution in [2.75, 3.05) is 6.54 Å².